The second-order valence-corrected chi connectivity index (χ2v) is 4.99. The number of amides is 1. The molecule has 19 heavy (non-hydrogen) atoms. The Kier molecular flexibility index (Phi) is 4.41. The topological polar surface area (TPSA) is 64.3 Å². The number of primary amides is 1. The molecule has 3 N–H and O–H groups in total. The lowest BCUT2D eigenvalue weighted by atomic mass is 10.1. The number of anilines is 1. The second-order valence-electron chi connectivity index (χ2n) is 4.21. The van der Waals surface area contributed by atoms with Gasteiger partial charge in [0, 0.05) is 17.8 Å². The number of nitrogens with two attached hydrogens (primary N) is 1. The molecule has 1 amide bonds. The van der Waals surface area contributed by atoms with E-state index in [0.29, 0.717) is 5.75 Å². The standard InChI is InChI=1S/C14H16N2O2S/c1-10(11-5-6-19-9-11)16-12-3-2-4-13(7-12)18-8-14(15)17/h2-7,9-10,16H,8H2,1H3,(H2,15,17). The largest absolute Gasteiger partial charge is 0.484 e. The molecule has 4 nitrogen and oxygen atoms in total. The van der Waals surface area contributed by atoms with Gasteiger partial charge in [0.2, 0.25) is 0 Å². The van der Waals surface area contributed by atoms with Gasteiger partial charge in [0.15, 0.2) is 6.61 Å². The molecule has 1 aromatic carbocycles. The van der Waals surface area contributed by atoms with Crippen LogP contribution in [-0.4, -0.2) is 12.5 Å². The van der Waals surface area contributed by atoms with Gasteiger partial charge in [-0.2, -0.15) is 11.3 Å². The van der Waals surface area contributed by atoms with Crippen LogP contribution in [0.2, 0.25) is 0 Å². The van der Waals surface area contributed by atoms with Crippen molar-refractivity contribution in [2.45, 2.75) is 13.0 Å². The van der Waals surface area contributed by atoms with E-state index in [9.17, 15) is 4.79 Å². The van der Waals surface area contributed by atoms with E-state index in [-0.39, 0.29) is 12.6 Å². The zero-order chi connectivity index (χ0) is 13.7. The van der Waals surface area contributed by atoms with Gasteiger partial charge in [-0.3, -0.25) is 4.79 Å². The summed E-state index contributed by atoms with van der Waals surface area (Å²) >= 11 is 1.68. The van der Waals surface area contributed by atoms with Gasteiger partial charge in [0.25, 0.3) is 5.91 Å². The number of nitrogens with one attached hydrogen (secondary N) is 1. The third kappa shape index (κ3) is 3.99. The average molecular weight is 276 g/mol. The zero-order valence-corrected chi connectivity index (χ0v) is 11.4. The summed E-state index contributed by atoms with van der Waals surface area (Å²) in [4.78, 5) is 10.7. The van der Waals surface area contributed by atoms with Crippen LogP contribution in [0.3, 0.4) is 0 Å². The lowest BCUT2D eigenvalue weighted by Crippen LogP contribution is -2.20. The highest BCUT2D eigenvalue weighted by Crippen LogP contribution is 2.23. The van der Waals surface area contributed by atoms with E-state index in [1.165, 1.54) is 5.56 Å². The van der Waals surface area contributed by atoms with Gasteiger partial charge in [0.05, 0.1) is 0 Å². The summed E-state index contributed by atoms with van der Waals surface area (Å²) < 4.78 is 5.27. The quantitative estimate of drug-likeness (QED) is 0.852. The molecule has 0 spiro atoms. The van der Waals surface area contributed by atoms with Crippen molar-refractivity contribution in [1.82, 2.24) is 0 Å². The fraction of sp³-hybridized carbons (Fsp3) is 0.214. The van der Waals surface area contributed by atoms with Crippen molar-refractivity contribution in [2.24, 2.45) is 5.73 Å². The number of carbonyl (C=O) groups excluding carboxylic acids is 1. The van der Waals surface area contributed by atoms with E-state index >= 15 is 0 Å². The summed E-state index contributed by atoms with van der Waals surface area (Å²) in [7, 11) is 0. The van der Waals surface area contributed by atoms with Crippen LogP contribution in [-0.2, 0) is 4.79 Å². The minimum Gasteiger partial charge on any atom is -0.484 e. The van der Waals surface area contributed by atoms with Gasteiger partial charge >= 0.3 is 0 Å². The highest BCUT2D eigenvalue weighted by molar-refractivity contribution is 7.07. The minimum absolute atomic E-state index is 0.108. The molecule has 2 aromatic rings. The minimum atomic E-state index is -0.481. The normalized spacial score (nSPS) is 11.8. The predicted octanol–water partition coefficient (Wildman–Crippen LogP) is 2.79. The highest BCUT2D eigenvalue weighted by atomic mass is 32.1. The molecule has 0 bridgehead atoms. The molecule has 0 aliphatic heterocycles. The number of benzene rings is 1. The highest BCUT2D eigenvalue weighted by Gasteiger charge is 2.06. The SMILES string of the molecule is CC(Nc1cccc(OCC(N)=O)c1)c1ccsc1. The Hall–Kier alpha value is -2.01. The molecule has 2 rings (SSSR count). The molecule has 1 heterocycles. The number of carbonyl (C=O) groups is 1. The maximum atomic E-state index is 10.7. The average Bonchev–Trinajstić information content (AvgIpc) is 2.91. The molecule has 100 valence electrons. The van der Waals surface area contributed by atoms with Gasteiger partial charge in [-0.25, -0.2) is 0 Å². The maximum absolute atomic E-state index is 10.7. The Balaban J connectivity index is 2.00. The molecule has 0 saturated heterocycles. The summed E-state index contributed by atoms with van der Waals surface area (Å²) in [6.07, 6.45) is 0. The first-order chi connectivity index (χ1) is 9.15. The van der Waals surface area contributed by atoms with Crippen LogP contribution in [0.15, 0.2) is 41.1 Å². The van der Waals surface area contributed by atoms with Crippen molar-refractivity contribution in [1.29, 1.82) is 0 Å². The molecular weight excluding hydrogens is 260 g/mol. The van der Waals surface area contributed by atoms with Crippen LogP contribution in [0, 0.1) is 0 Å². The summed E-state index contributed by atoms with van der Waals surface area (Å²) in [6.45, 7) is 1.99. The van der Waals surface area contributed by atoms with E-state index in [1.807, 2.05) is 18.2 Å². The first-order valence-corrected chi connectivity index (χ1v) is 6.89. The van der Waals surface area contributed by atoms with Gasteiger partial charge < -0.3 is 15.8 Å². The smallest absolute Gasteiger partial charge is 0.255 e. The van der Waals surface area contributed by atoms with Crippen LogP contribution < -0.4 is 15.8 Å². The zero-order valence-electron chi connectivity index (χ0n) is 10.6. The molecule has 1 aromatic heterocycles. The van der Waals surface area contributed by atoms with Gasteiger partial charge in [0.1, 0.15) is 5.75 Å². The Morgan fingerprint density at radius 2 is 2.32 bits per heavy atom. The second kappa shape index (κ2) is 6.24. The Labute approximate surface area is 116 Å². The molecule has 5 heteroatoms. The summed E-state index contributed by atoms with van der Waals surface area (Å²) in [5, 5.41) is 7.55. The molecule has 0 fully saturated rings. The number of rotatable bonds is 6. The molecule has 1 unspecified atom stereocenters. The predicted molar refractivity (Wildman–Crippen MR) is 77.5 cm³/mol. The van der Waals surface area contributed by atoms with Crippen LogP contribution in [0.1, 0.15) is 18.5 Å². The number of hydrogen-bond donors (Lipinski definition) is 2. The van der Waals surface area contributed by atoms with Crippen molar-refractivity contribution in [3.8, 4) is 5.75 Å². The van der Waals surface area contributed by atoms with Crippen LogP contribution >= 0.6 is 11.3 Å². The van der Waals surface area contributed by atoms with Gasteiger partial charge in [-0.1, -0.05) is 6.07 Å². The first kappa shape index (κ1) is 13.4. The first-order valence-electron chi connectivity index (χ1n) is 5.95. The number of thiophene rings is 1. The Morgan fingerprint density at radius 1 is 1.47 bits per heavy atom. The van der Waals surface area contributed by atoms with Crippen LogP contribution in [0.5, 0.6) is 5.75 Å². The summed E-state index contributed by atoms with van der Waals surface area (Å²) in [6, 6.07) is 9.79. The van der Waals surface area contributed by atoms with Crippen LogP contribution in [0.25, 0.3) is 0 Å². The van der Waals surface area contributed by atoms with Gasteiger partial charge in [-0.05, 0) is 41.4 Å². The molecule has 0 radical (unpaired) electrons. The molecule has 1 atom stereocenters. The van der Waals surface area contributed by atoms with Crippen molar-refractivity contribution in [2.75, 3.05) is 11.9 Å². The van der Waals surface area contributed by atoms with E-state index in [4.69, 9.17) is 10.5 Å². The Bertz CT molecular complexity index is 540. The van der Waals surface area contributed by atoms with E-state index in [1.54, 1.807) is 17.4 Å². The monoisotopic (exact) mass is 276 g/mol. The lowest BCUT2D eigenvalue weighted by Gasteiger charge is -2.15. The maximum Gasteiger partial charge on any atom is 0.255 e. The molecular formula is C14H16N2O2S. The molecule has 0 aliphatic rings. The Morgan fingerprint density at radius 3 is 3.00 bits per heavy atom. The number of hydrogen-bond acceptors (Lipinski definition) is 4. The van der Waals surface area contributed by atoms with Crippen molar-refractivity contribution in [3.63, 3.8) is 0 Å². The van der Waals surface area contributed by atoms with Crippen molar-refractivity contribution < 1.29 is 9.53 Å². The van der Waals surface area contributed by atoms with Gasteiger partial charge in [-0.15, -0.1) is 0 Å². The van der Waals surface area contributed by atoms with Crippen molar-refractivity contribution in [3.05, 3.63) is 46.7 Å². The van der Waals surface area contributed by atoms with E-state index < -0.39 is 5.91 Å². The van der Waals surface area contributed by atoms with Crippen LogP contribution in [0.4, 0.5) is 5.69 Å². The fourth-order valence-corrected chi connectivity index (χ4v) is 2.44. The number of ether oxygens (including phenoxy) is 1. The lowest BCUT2D eigenvalue weighted by molar-refractivity contribution is -0.119. The third-order valence-corrected chi connectivity index (χ3v) is 3.34. The molecule has 0 aliphatic carbocycles. The van der Waals surface area contributed by atoms with E-state index in [0.717, 1.165) is 5.69 Å². The third-order valence-electron chi connectivity index (χ3n) is 2.64. The summed E-state index contributed by atoms with van der Waals surface area (Å²) in [5.41, 5.74) is 7.23. The summed E-state index contributed by atoms with van der Waals surface area (Å²) in [5.74, 6) is 0.145. The van der Waals surface area contributed by atoms with E-state index in [2.05, 4.69) is 29.1 Å². The van der Waals surface area contributed by atoms with Crippen molar-refractivity contribution >= 4 is 22.9 Å². The molecule has 0 saturated carbocycles. The fourth-order valence-electron chi connectivity index (χ4n) is 1.68.